The van der Waals surface area contributed by atoms with Gasteiger partial charge in [-0.25, -0.2) is 4.39 Å². The number of halogens is 1. The van der Waals surface area contributed by atoms with Crippen molar-refractivity contribution in [2.75, 3.05) is 0 Å². The Hall–Kier alpha value is -0.890. The second kappa shape index (κ2) is 3.85. The SMILES string of the molecule is Cc1ccc(F)c(C2(O)CC(C(C)C)C2)c1. The molecule has 0 amide bonds. The average Bonchev–Trinajstić information content (AvgIpc) is 2.16. The molecule has 0 aliphatic heterocycles. The van der Waals surface area contributed by atoms with Crippen LogP contribution in [0.1, 0.15) is 37.8 Å². The van der Waals surface area contributed by atoms with Gasteiger partial charge in [0.05, 0.1) is 5.60 Å². The number of rotatable bonds is 2. The van der Waals surface area contributed by atoms with E-state index in [4.69, 9.17) is 0 Å². The van der Waals surface area contributed by atoms with E-state index in [1.807, 2.05) is 6.92 Å². The molecule has 0 spiro atoms. The molecule has 2 heteroatoms. The van der Waals surface area contributed by atoms with Crippen molar-refractivity contribution in [3.8, 4) is 0 Å². The minimum Gasteiger partial charge on any atom is -0.385 e. The van der Waals surface area contributed by atoms with E-state index in [1.165, 1.54) is 6.07 Å². The molecule has 1 nitrogen and oxygen atoms in total. The van der Waals surface area contributed by atoms with Gasteiger partial charge in [-0.05, 0) is 37.7 Å². The zero-order valence-corrected chi connectivity index (χ0v) is 10.1. The van der Waals surface area contributed by atoms with Crippen LogP contribution in [0, 0.1) is 24.6 Å². The molecule has 1 aliphatic rings. The zero-order valence-electron chi connectivity index (χ0n) is 10.1. The van der Waals surface area contributed by atoms with Crippen molar-refractivity contribution in [1.29, 1.82) is 0 Å². The van der Waals surface area contributed by atoms with Gasteiger partial charge in [0, 0.05) is 5.56 Å². The first-order valence-electron chi connectivity index (χ1n) is 5.91. The van der Waals surface area contributed by atoms with Crippen LogP contribution in [0.3, 0.4) is 0 Å². The molecule has 88 valence electrons. The number of aliphatic hydroxyl groups is 1. The number of hydrogen-bond acceptors (Lipinski definition) is 1. The highest BCUT2D eigenvalue weighted by Gasteiger charge is 2.46. The highest BCUT2D eigenvalue weighted by molar-refractivity contribution is 5.31. The van der Waals surface area contributed by atoms with Crippen LogP contribution in [0.25, 0.3) is 0 Å². The lowest BCUT2D eigenvalue weighted by atomic mass is 9.63. The number of hydrogen-bond donors (Lipinski definition) is 1. The van der Waals surface area contributed by atoms with Crippen molar-refractivity contribution in [2.45, 2.75) is 39.2 Å². The van der Waals surface area contributed by atoms with Crippen LogP contribution in [-0.4, -0.2) is 5.11 Å². The molecule has 0 bridgehead atoms. The van der Waals surface area contributed by atoms with Crippen molar-refractivity contribution in [3.05, 3.63) is 35.1 Å². The quantitative estimate of drug-likeness (QED) is 0.813. The molecule has 0 aromatic heterocycles. The first-order valence-corrected chi connectivity index (χ1v) is 5.91. The summed E-state index contributed by atoms with van der Waals surface area (Å²) in [6.45, 7) is 6.22. The maximum Gasteiger partial charge on any atom is 0.129 e. The van der Waals surface area contributed by atoms with E-state index in [1.54, 1.807) is 12.1 Å². The summed E-state index contributed by atoms with van der Waals surface area (Å²) in [5, 5.41) is 10.4. The molecule has 1 fully saturated rings. The molecule has 1 saturated carbocycles. The summed E-state index contributed by atoms with van der Waals surface area (Å²) in [5.74, 6) is 0.799. The topological polar surface area (TPSA) is 20.2 Å². The van der Waals surface area contributed by atoms with Crippen LogP contribution in [0.15, 0.2) is 18.2 Å². The summed E-state index contributed by atoms with van der Waals surface area (Å²) in [6.07, 6.45) is 1.37. The van der Waals surface area contributed by atoms with E-state index in [0.29, 0.717) is 30.2 Å². The molecule has 0 heterocycles. The predicted octanol–water partition coefficient (Wildman–Crippen LogP) is 3.39. The second-order valence-corrected chi connectivity index (χ2v) is 5.43. The molecular formula is C14H19FO. The second-order valence-electron chi connectivity index (χ2n) is 5.43. The maximum atomic E-state index is 13.7. The monoisotopic (exact) mass is 222 g/mol. The lowest BCUT2D eigenvalue weighted by Gasteiger charge is -2.46. The smallest absolute Gasteiger partial charge is 0.129 e. The van der Waals surface area contributed by atoms with Gasteiger partial charge < -0.3 is 5.11 Å². The zero-order chi connectivity index (χ0) is 11.9. The van der Waals surface area contributed by atoms with Gasteiger partial charge >= 0.3 is 0 Å². The molecule has 16 heavy (non-hydrogen) atoms. The maximum absolute atomic E-state index is 13.7. The third-order valence-electron chi connectivity index (χ3n) is 3.77. The minimum atomic E-state index is -0.926. The number of benzene rings is 1. The molecule has 0 atom stereocenters. The standard InChI is InChI=1S/C14H19FO/c1-9(2)11-7-14(16,8-11)12-6-10(3)4-5-13(12)15/h4-6,9,11,16H,7-8H2,1-3H3. The summed E-state index contributed by atoms with van der Waals surface area (Å²) in [5.41, 5.74) is 0.549. The van der Waals surface area contributed by atoms with Crippen molar-refractivity contribution >= 4 is 0 Å². The minimum absolute atomic E-state index is 0.282. The highest BCUT2D eigenvalue weighted by Crippen LogP contribution is 2.49. The van der Waals surface area contributed by atoms with Crippen molar-refractivity contribution in [2.24, 2.45) is 11.8 Å². The van der Waals surface area contributed by atoms with Crippen LogP contribution < -0.4 is 0 Å². The van der Waals surface area contributed by atoms with E-state index in [2.05, 4.69) is 13.8 Å². The Morgan fingerprint density at radius 2 is 2.00 bits per heavy atom. The summed E-state index contributed by atoms with van der Waals surface area (Å²) in [4.78, 5) is 0. The fourth-order valence-electron chi connectivity index (χ4n) is 2.49. The van der Waals surface area contributed by atoms with Gasteiger partial charge in [-0.2, -0.15) is 0 Å². The first-order chi connectivity index (χ1) is 7.42. The lowest BCUT2D eigenvalue weighted by molar-refractivity contribution is -0.0956. The Bertz CT molecular complexity index is 392. The molecule has 1 aromatic carbocycles. The van der Waals surface area contributed by atoms with Gasteiger partial charge in [0.25, 0.3) is 0 Å². The molecule has 2 rings (SSSR count). The molecule has 1 aromatic rings. The molecule has 0 saturated heterocycles. The molecule has 1 aliphatic carbocycles. The van der Waals surface area contributed by atoms with Crippen LogP contribution in [0.5, 0.6) is 0 Å². The number of aryl methyl sites for hydroxylation is 1. The van der Waals surface area contributed by atoms with Gasteiger partial charge in [0.2, 0.25) is 0 Å². The van der Waals surface area contributed by atoms with Gasteiger partial charge in [-0.15, -0.1) is 0 Å². The largest absolute Gasteiger partial charge is 0.385 e. The van der Waals surface area contributed by atoms with Gasteiger partial charge in [0.1, 0.15) is 5.82 Å². The van der Waals surface area contributed by atoms with Crippen LogP contribution in [-0.2, 0) is 5.60 Å². The van der Waals surface area contributed by atoms with Crippen molar-refractivity contribution in [3.63, 3.8) is 0 Å². The summed E-state index contributed by atoms with van der Waals surface area (Å²) in [7, 11) is 0. The predicted molar refractivity (Wildman–Crippen MR) is 62.6 cm³/mol. The molecular weight excluding hydrogens is 203 g/mol. The fraction of sp³-hybridized carbons (Fsp3) is 0.571. The van der Waals surface area contributed by atoms with Crippen LogP contribution in [0.2, 0.25) is 0 Å². The van der Waals surface area contributed by atoms with E-state index < -0.39 is 5.60 Å². The Morgan fingerprint density at radius 1 is 1.38 bits per heavy atom. The highest BCUT2D eigenvalue weighted by atomic mass is 19.1. The van der Waals surface area contributed by atoms with Crippen molar-refractivity contribution in [1.82, 2.24) is 0 Å². The van der Waals surface area contributed by atoms with E-state index in [9.17, 15) is 9.50 Å². The third kappa shape index (κ3) is 1.86. The van der Waals surface area contributed by atoms with Crippen LogP contribution in [0.4, 0.5) is 4.39 Å². The summed E-state index contributed by atoms with van der Waals surface area (Å²) in [6, 6.07) is 4.96. The molecule has 0 unspecified atom stereocenters. The van der Waals surface area contributed by atoms with Gasteiger partial charge in [-0.1, -0.05) is 31.5 Å². The third-order valence-corrected chi connectivity index (χ3v) is 3.77. The van der Waals surface area contributed by atoms with Crippen molar-refractivity contribution < 1.29 is 9.50 Å². The van der Waals surface area contributed by atoms with E-state index in [0.717, 1.165) is 5.56 Å². The Balaban J connectivity index is 2.23. The summed E-state index contributed by atoms with van der Waals surface area (Å²) < 4.78 is 13.7. The Labute approximate surface area is 96.3 Å². The van der Waals surface area contributed by atoms with Gasteiger partial charge in [0.15, 0.2) is 0 Å². The lowest BCUT2D eigenvalue weighted by Crippen LogP contribution is -2.43. The first kappa shape index (κ1) is 11.6. The van der Waals surface area contributed by atoms with E-state index in [-0.39, 0.29) is 5.82 Å². The molecule has 0 radical (unpaired) electrons. The summed E-state index contributed by atoms with van der Waals surface area (Å²) >= 11 is 0. The van der Waals surface area contributed by atoms with E-state index >= 15 is 0 Å². The normalized spacial score (nSPS) is 29.2. The Kier molecular flexibility index (Phi) is 2.79. The van der Waals surface area contributed by atoms with Crippen LogP contribution >= 0.6 is 0 Å². The molecule has 1 N–H and O–H groups in total. The average molecular weight is 222 g/mol. The fourth-order valence-corrected chi connectivity index (χ4v) is 2.49. The van der Waals surface area contributed by atoms with Gasteiger partial charge in [-0.3, -0.25) is 0 Å². The Morgan fingerprint density at radius 3 is 2.56 bits per heavy atom.